The van der Waals surface area contributed by atoms with Gasteiger partial charge < -0.3 is 10.0 Å². The topological polar surface area (TPSA) is 40.5 Å². The van der Waals surface area contributed by atoms with E-state index in [1.807, 2.05) is 0 Å². The van der Waals surface area contributed by atoms with Gasteiger partial charge in [-0.15, -0.1) is 0 Å². The first-order valence-electron chi connectivity index (χ1n) is 6.76. The molecule has 128 valence electrons. The molecule has 0 aromatic heterocycles. The summed E-state index contributed by atoms with van der Waals surface area (Å²) in [6.45, 7) is -0.424. The molecule has 0 unspecified atom stereocenters. The number of carboxylic acids is 1. The number of halogens is 6. The van der Waals surface area contributed by atoms with Crippen LogP contribution in [0.2, 0.25) is 0 Å². The molecule has 1 aliphatic rings. The molecule has 0 bridgehead atoms. The highest BCUT2D eigenvalue weighted by Crippen LogP contribution is 2.40. The van der Waals surface area contributed by atoms with E-state index in [4.69, 9.17) is 5.11 Å². The van der Waals surface area contributed by atoms with Crippen molar-refractivity contribution in [1.29, 1.82) is 0 Å². The number of piperidine rings is 1. The van der Waals surface area contributed by atoms with Crippen molar-refractivity contribution in [2.24, 2.45) is 5.92 Å². The molecule has 0 amide bonds. The number of carboxylic acid groups (broad SMARTS) is 1. The van der Waals surface area contributed by atoms with E-state index in [2.05, 4.69) is 0 Å². The smallest absolute Gasteiger partial charge is 0.418 e. The normalized spacial score (nSPS) is 17.4. The molecule has 0 aliphatic carbocycles. The predicted molar refractivity (Wildman–Crippen MR) is 69.4 cm³/mol. The van der Waals surface area contributed by atoms with Gasteiger partial charge in [-0.25, -0.2) is 4.79 Å². The number of hydrogen-bond donors (Lipinski definition) is 1. The Labute approximate surface area is 127 Å². The van der Waals surface area contributed by atoms with Crippen molar-refractivity contribution < 1.29 is 36.2 Å². The summed E-state index contributed by atoms with van der Waals surface area (Å²) in [6.07, 6.45) is -9.73. The minimum absolute atomic E-state index is 0.212. The zero-order valence-electron chi connectivity index (χ0n) is 11.7. The highest BCUT2D eigenvalue weighted by Gasteiger charge is 2.42. The molecule has 0 saturated carbocycles. The summed E-state index contributed by atoms with van der Waals surface area (Å²) in [5.74, 6) is -2.94. The summed E-state index contributed by atoms with van der Waals surface area (Å²) in [5, 5.41) is 8.90. The van der Waals surface area contributed by atoms with Gasteiger partial charge in [0.25, 0.3) is 0 Å². The molecule has 0 atom stereocenters. The molecule has 2 rings (SSSR count). The van der Waals surface area contributed by atoms with Crippen molar-refractivity contribution in [3.8, 4) is 0 Å². The Bertz CT molecular complexity index is 588. The zero-order valence-corrected chi connectivity index (χ0v) is 11.7. The van der Waals surface area contributed by atoms with E-state index in [-0.39, 0.29) is 31.5 Å². The average Bonchev–Trinajstić information content (AvgIpc) is 2.45. The van der Waals surface area contributed by atoms with Gasteiger partial charge >= 0.3 is 18.3 Å². The van der Waals surface area contributed by atoms with Crippen LogP contribution in [0.15, 0.2) is 18.2 Å². The number of benzene rings is 1. The van der Waals surface area contributed by atoms with Gasteiger partial charge in [0.2, 0.25) is 0 Å². The van der Waals surface area contributed by atoms with Crippen molar-refractivity contribution in [1.82, 2.24) is 0 Å². The second kappa shape index (κ2) is 5.93. The standard InChI is InChI=1S/C14H13F6NO2/c15-13(16,17)9-3-5-21(6-4-9)11-7-8(12(22)23)1-2-10(11)14(18,19)20/h1-2,7,9H,3-6H2,(H,22,23). The first-order chi connectivity index (χ1) is 10.5. The Hall–Kier alpha value is -1.93. The van der Waals surface area contributed by atoms with E-state index in [0.29, 0.717) is 6.07 Å². The van der Waals surface area contributed by atoms with Crippen LogP contribution >= 0.6 is 0 Å². The second-order valence-electron chi connectivity index (χ2n) is 5.34. The van der Waals surface area contributed by atoms with Gasteiger partial charge in [0.1, 0.15) is 0 Å². The van der Waals surface area contributed by atoms with Crippen molar-refractivity contribution in [2.45, 2.75) is 25.2 Å². The third-order valence-corrected chi connectivity index (χ3v) is 3.85. The van der Waals surface area contributed by atoms with E-state index in [0.717, 1.165) is 17.0 Å². The second-order valence-corrected chi connectivity index (χ2v) is 5.34. The third-order valence-electron chi connectivity index (χ3n) is 3.85. The van der Waals surface area contributed by atoms with Crippen molar-refractivity contribution >= 4 is 11.7 Å². The van der Waals surface area contributed by atoms with E-state index in [1.165, 1.54) is 0 Å². The number of rotatable bonds is 2. The summed E-state index contributed by atoms with van der Waals surface area (Å²) in [7, 11) is 0. The first kappa shape index (κ1) is 17.4. The molecule has 1 N–H and O–H groups in total. The molecule has 0 radical (unpaired) electrons. The average molecular weight is 341 g/mol. The van der Waals surface area contributed by atoms with Gasteiger partial charge in [-0.2, -0.15) is 26.3 Å². The van der Waals surface area contributed by atoms with Crippen LogP contribution in [-0.4, -0.2) is 30.3 Å². The Morgan fingerprint density at radius 1 is 1.09 bits per heavy atom. The predicted octanol–water partition coefficient (Wildman–Crippen LogP) is 4.18. The SMILES string of the molecule is O=C(O)c1ccc(C(F)(F)F)c(N2CCC(C(F)(F)F)CC2)c1. The maximum atomic E-state index is 13.0. The summed E-state index contributed by atoms with van der Waals surface area (Å²) in [4.78, 5) is 12.1. The molecule has 1 aromatic rings. The molecule has 1 aromatic carbocycles. The van der Waals surface area contributed by atoms with Crippen LogP contribution in [0, 0.1) is 5.92 Å². The zero-order chi connectivity index (χ0) is 17.4. The summed E-state index contributed by atoms with van der Waals surface area (Å²) in [5.41, 5.74) is -1.78. The molecular formula is C14H13F6NO2. The minimum atomic E-state index is -4.72. The summed E-state index contributed by atoms with van der Waals surface area (Å²) < 4.78 is 77.0. The van der Waals surface area contributed by atoms with E-state index >= 15 is 0 Å². The fraction of sp³-hybridized carbons (Fsp3) is 0.500. The number of nitrogens with zero attached hydrogens (tertiary/aromatic N) is 1. The molecule has 0 spiro atoms. The highest BCUT2D eigenvalue weighted by molar-refractivity contribution is 5.89. The van der Waals surface area contributed by atoms with Gasteiger partial charge in [0.15, 0.2) is 0 Å². The van der Waals surface area contributed by atoms with Gasteiger partial charge in [0, 0.05) is 18.8 Å². The van der Waals surface area contributed by atoms with Gasteiger partial charge in [-0.1, -0.05) is 0 Å². The molecule has 3 nitrogen and oxygen atoms in total. The van der Waals surface area contributed by atoms with Gasteiger partial charge in [0.05, 0.1) is 17.0 Å². The molecule has 9 heteroatoms. The van der Waals surface area contributed by atoms with Crippen LogP contribution in [0.25, 0.3) is 0 Å². The van der Waals surface area contributed by atoms with Crippen molar-refractivity contribution in [3.63, 3.8) is 0 Å². The monoisotopic (exact) mass is 341 g/mol. The van der Waals surface area contributed by atoms with Crippen LogP contribution in [0.1, 0.15) is 28.8 Å². The van der Waals surface area contributed by atoms with E-state index in [1.54, 1.807) is 0 Å². The molecule has 1 heterocycles. The quantitative estimate of drug-likeness (QED) is 0.821. The lowest BCUT2D eigenvalue weighted by atomic mass is 9.95. The minimum Gasteiger partial charge on any atom is -0.478 e. The molecule has 1 aliphatic heterocycles. The van der Waals surface area contributed by atoms with Gasteiger partial charge in [-0.3, -0.25) is 0 Å². The van der Waals surface area contributed by atoms with Crippen LogP contribution in [0.3, 0.4) is 0 Å². The number of alkyl halides is 6. The lowest BCUT2D eigenvalue weighted by Crippen LogP contribution is -2.39. The van der Waals surface area contributed by atoms with Crippen LogP contribution in [-0.2, 0) is 6.18 Å². The number of aromatic carboxylic acids is 1. The summed E-state index contributed by atoms with van der Waals surface area (Å²) >= 11 is 0. The maximum absolute atomic E-state index is 13.0. The first-order valence-corrected chi connectivity index (χ1v) is 6.76. The number of hydrogen-bond acceptors (Lipinski definition) is 2. The Morgan fingerprint density at radius 3 is 2.09 bits per heavy atom. The van der Waals surface area contributed by atoms with Gasteiger partial charge in [-0.05, 0) is 31.0 Å². The van der Waals surface area contributed by atoms with Crippen LogP contribution in [0.5, 0.6) is 0 Å². The fourth-order valence-electron chi connectivity index (χ4n) is 2.61. The third kappa shape index (κ3) is 3.89. The molecule has 23 heavy (non-hydrogen) atoms. The van der Waals surface area contributed by atoms with E-state index in [9.17, 15) is 31.1 Å². The Balaban J connectivity index is 2.31. The Morgan fingerprint density at radius 2 is 1.65 bits per heavy atom. The maximum Gasteiger partial charge on any atom is 0.418 e. The number of anilines is 1. The molecule has 1 fully saturated rings. The lowest BCUT2D eigenvalue weighted by Gasteiger charge is -2.35. The van der Waals surface area contributed by atoms with Crippen molar-refractivity contribution in [3.05, 3.63) is 29.3 Å². The molecular weight excluding hydrogens is 328 g/mol. The lowest BCUT2D eigenvalue weighted by molar-refractivity contribution is -0.179. The van der Waals surface area contributed by atoms with E-state index < -0.39 is 35.5 Å². The number of carbonyl (C=O) groups is 1. The summed E-state index contributed by atoms with van der Waals surface area (Å²) in [6, 6.07) is 2.34. The van der Waals surface area contributed by atoms with Crippen molar-refractivity contribution in [2.75, 3.05) is 18.0 Å². The largest absolute Gasteiger partial charge is 0.478 e. The molecule has 1 saturated heterocycles. The van der Waals surface area contributed by atoms with Crippen LogP contribution in [0.4, 0.5) is 32.0 Å². The van der Waals surface area contributed by atoms with Crippen LogP contribution < -0.4 is 4.90 Å². The fourth-order valence-corrected chi connectivity index (χ4v) is 2.61. The Kier molecular flexibility index (Phi) is 4.50. The highest BCUT2D eigenvalue weighted by atomic mass is 19.4.